The molecule has 1 atom stereocenters. The van der Waals surface area contributed by atoms with Gasteiger partial charge in [0.25, 0.3) is 0 Å². The van der Waals surface area contributed by atoms with Crippen LogP contribution in [0.1, 0.15) is 30.7 Å². The Morgan fingerprint density at radius 2 is 2.28 bits per heavy atom. The van der Waals surface area contributed by atoms with Crippen LogP contribution in [-0.4, -0.2) is 18.2 Å². The second kappa shape index (κ2) is 5.26. The van der Waals surface area contributed by atoms with E-state index in [0.717, 1.165) is 12.8 Å². The molecule has 0 radical (unpaired) electrons. The summed E-state index contributed by atoms with van der Waals surface area (Å²) in [6, 6.07) is 3.30. The van der Waals surface area contributed by atoms with Gasteiger partial charge in [-0.2, -0.15) is 0 Å². The predicted molar refractivity (Wildman–Crippen MR) is 68.4 cm³/mol. The molecular weight excluding hydrogens is 303 g/mol. The normalized spacial score (nSPS) is 16.4. The molecule has 1 N–H and O–H groups in total. The van der Waals surface area contributed by atoms with Crippen LogP contribution in [-0.2, 0) is 4.79 Å². The highest BCUT2D eigenvalue weighted by atomic mass is 79.9. The number of carbonyl (C=O) groups is 1. The zero-order chi connectivity index (χ0) is 13.3. The first-order valence-corrected chi connectivity index (χ1v) is 6.57. The lowest BCUT2D eigenvalue weighted by atomic mass is 9.90. The number of hydrogen-bond acceptors (Lipinski definition) is 2. The Hall–Kier alpha value is -1.10. The first-order valence-electron chi connectivity index (χ1n) is 5.78. The van der Waals surface area contributed by atoms with Gasteiger partial charge in [0, 0.05) is 5.92 Å². The Morgan fingerprint density at radius 1 is 1.61 bits per heavy atom. The SMILES string of the molecule is COc1ccc(C(CC(=O)O)C2CC2)c(F)c1Br. The molecule has 3 nitrogen and oxygen atoms in total. The number of halogens is 2. The van der Waals surface area contributed by atoms with Crippen LogP contribution < -0.4 is 4.74 Å². The molecule has 1 unspecified atom stereocenters. The third-order valence-electron chi connectivity index (χ3n) is 3.28. The average Bonchev–Trinajstić information content (AvgIpc) is 3.14. The first-order chi connectivity index (χ1) is 8.54. The summed E-state index contributed by atoms with van der Waals surface area (Å²) in [6.45, 7) is 0. The van der Waals surface area contributed by atoms with E-state index < -0.39 is 11.8 Å². The number of carboxylic acid groups (broad SMARTS) is 1. The van der Waals surface area contributed by atoms with Crippen molar-refractivity contribution >= 4 is 21.9 Å². The largest absolute Gasteiger partial charge is 0.495 e. The highest BCUT2D eigenvalue weighted by Gasteiger charge is 2.35. The summed E-state index contributed by atoms with van der Waals surface area (Å²) in [4.78, 5) is 10.9. The fourth-order valence-corrected chi connectivity index (χ4v) is 2.73. The minimum atomic E-state index is -0.891. The molecule has 0 aliphatic heterocycles. The summed E-state index contributed by atoms with van der Waals surface area (Å²) in [6.07, 6.45) is 1.92. The molecule has 1 fully saturated rings. The summed E-state index contributed by atoms with van der Waals surface area (Å²) < 4.78 is 19.5. The zero-order valence-corrected chi connectivity index (χ0v) is 11.5. The van der Waals surface area contributed by atoms with Gasteiger partial charge < -0.3 is 9.84 Å². The van der Waals surface area contributed by atoms with Gasteiger partial charge in [0.05, 0.1) is 18.0 Å². The van der Waals surface area contributed by atoms with Crippen LogP contribution in [0.5, 0.6) is 5.75 Å². The van der Waals surface area contributed by atoms with Crippen molar-refractivity contribution < 1.29 is 19.0 Å². The second-order valence-corrected chi connectivity index (χ2v) is 5.32. The Balaban J connectivity index is 2.35. The van der Waals surface area contributed by atoms with Crippen molar-refractivity contribution in [2.24, 2.45) is 5.92 Å². The monoisotopic (exact) mass is 316 g/mol. The lowest BCUT2D eigenvalue weighted by Crippen LogP contribution is -2.10. The van der Waals surface area contributed by atoms with Gasteiger partial charge in [0.2, 0.25) is 0 Å². The summed E-state index contributed by atoms with van der Waals surface area (Å²) in [5, 5.41) is 8.92. The lowest BCUT2D eigenvalue weighted by molar-refractivity contribution is -0.137. The molecule has 18 heavy (non-hydrogen) atoms. The molecule has 1 aliphatic carbocycles. The maximum Gasteiger partial charge on any atom is 0.303 e. The molecule has 2 rings (SSSR count). The standard InChI is InChI=1S/C13H14BrFO3/c1-18-10-5-4-8(13(15)12(10)14)9(6-11(16)17)7-2-3-7/h4-5,7,9H,2-3,6H2,1H3,(H,16,17). The number of methoxy groups -OCH3 is 1. The number of hydrogen-bond donors (Lipinski definition) is 1. The topological polar surface area (TPSA) is 46.5 Å². The van der Waals surface area contributed by atoms with Crippen molar-refractivity contribution in [1.82, 2.24) is 0 Å². The average molecular weight is 317 g/mol. The molecule has 0 aromatic heterocycles. The van der Waals surface area contributed by atoms with Gasteiger partial charge in [0.15, 0.2) is 0 Å². The Kier molecular flexibility index (Phi) is 3.90. The van der Waals surface area contributed by atoms with Crippen LogP contribution >= 0.6 is 15.9 Å². The van der Waals surface area contributed by atoms with Crippen molar-refractivity contribution in [3.05, 3.63) is 28.0 Å². The third kappa shape index (κ3) is 2.66. The maximum absolute atomic E-state index is 14.2. The van der Waals surface area contributed by atoms with E-state index in [4.69, 9.17) is 9.84 Å². The first kappa shape index (κ1) is 13.3. The highest BCUT2D eigenvalue weighted by Crippen LogP contribution is 2.46. The van der Waals surface area contributed by atoms with Crippen LogP contribution in [0, 0.1) is 11.7 Å². The van der Waals surface area contributed by atoms with Gasteiger partial charge in [-0.05, 0) is 46.3 Å². The van der Waals surface area contributed by atoms with Gasteiger partial charge in [0.1, 0.15) is 11.6 Å². The fraction of sp³-hybridized carbons (Fsp3) is 0.462. The number of aliphatic carboxylic acids is 1. The minimum Gasteiger partial charge on any atom is -0.495 e. The zero-order valence-electron chi connectivity index (χ0n) is 9.95. The summed E-state index contributed by atoms with van der Waals surface area (Å²) in [5.74, 6) is -0.840. The van der Waals surface area contributed by atoms with Crippen LogP contribution in [0.15, 0.2) is 16.6 Å². The molecule has 0 amide bonds. The van der Waals surface area contributed by atoms with Crippen LogP contribution in [0.25, 0.3) is 0 Å². The van der Waals surface area contributed by atoms with E-state index in [-0.39, 0.29) is 22.7 Å². The molecule has 1 aliphatic rings. The van der Waals surface area contributed by atoms with E-state index in [9.17, 15) is 9.18 Å². The van der Waals surface area contributed by atoms with Crippen molar-refractivity contribution in [1.29, 1.82) is 0 Å². The molecule has 0 saturated heterocycles. The Morgan fingerprint density at radius 3 is 2.78 bits per heavy atom. The van der Waals surface area contributed by atoms with Crippen LogP contribution in [0.2, 0.25) is 0 Å². The van der Waals surface area contributed by atoms with Crippen molar-refractivity contribution in [2.75, 3.05) is 7.11 Å². The van der Waals surface area contributed by atoms with E-state index in [1.54, 1.807) is 12.1 Å². The van der Waals surface area contributed by atoms with Crippen LogP contribution in [0.4, 0.5) is 4.39 Å². The number of carboxylic acids is 1. The molecule has 1 aromatic rings. The van der Waals surface area contributed by atoms with Crippen molar-refractivity contribution in [3.63, 3.8) is 0 Å². The van der Waals surface area contributed by atoms with Crippen molar-refractivity contribution in [2.45, 2.75) is 25.2 Å². The van der Waals surface area contributed by atoms with Gasteiger partial charge in [-0.25, -0.2) is 4.39 Å². The molecule has 1 saturated carbocycles. The molecule has 0 spiro atoms. The van der Waals surface area contributed by atoms with E-state index in [0.29, 0.717) is 11.3 Å². The third-order valence-corrected chi connectivity index (χ3v) is 4.02. The molecule has 5 heteroatoms. The molecular formula is C13H14BrFO3. The number of benzene rings is 1. The van der Waals surface area contributed by atoms with Gasteiger partial charge in [-0.15, -0.1) is 0 Å². The predicted octanol–water partition coefficient (Wildman–Crippen LogP) is 3.57. The van der Waals surface area contributed by atoms with E-state index >= 15 is 0 Å². The second-order valence-electron chi connectivity index (χ2n) is 4.53. The smallest absolute Gasteiger partial charge is 0.303 e. The summed E-state index contributed by atoms with van der Waals surface area (Å²) in [7, 11) is 1.47. The minimum absolute atomic E-state index is 0.0274. The van der Waals surface area contributed by atoms with E-state index in [2.05, 4.69) is 15.9 Å². The Bertz CT molecular complexity index is 472. The van der Waals surface area contributed by atoms with E-state index in [1.165, 1.54) is 7.11 Å². The summed E-state index contributed by atoms with van der Waals surface area (Å²) >= 11 is 3.15. The number of rotatable bonds is 5. The van der Waals surface area contributed by atoms with Gasteiger partial charge in [-0.1, -0.05) is 6.07 Å². The lowest BCUT2D eigenvalue weighted by Gasteiger charge is -2.17. The summed E-state index contributed by atoms with van der Waals surface area (Å²) in [5.41, 5.74) is 0.465. The molecule has 1 aromatic carbocycles. The fourth-order valence-electron chi connectivity index (χ4n) is 2.21. The molecule has 0 bridgehead atoms. The van der Waals surface area contributed by atoms with Gasteiger partial charge in [-0.3, -0.25) is 4.79 Å². The Labute approximate surface area is 113 Å². The molecule has 98 valence electrons. The quantitative estimate of drug-likeness (QED) is 0.903. The highest BCUT2D eigenvalue weighted by molar-refractivity contribution is 9.10. The van der Waals surface area contributed by atoms with Crippen LogP contribution in [0.3, 0.4) is 0 Å². The van der Waals surface area contributed by atoms with Gasteiger partial charge >= 0.3 is 5.97 Å². The number of ether oxygens (including phenoxy) is 1. The maximum atomic E-state index is 14.2. The van der Waals surface area contributed by atoms with E-state index in [1.807, 2.05) is 0 Å². The molecule has 0 heterocycles. The van der Waals surface area contributed by atoms with Crippen molar-refractivity contribution in [3.8, 4) is 5.75 Å².